The first-order valence-corrected chi connectivity index (χ1v) is 20.8. The van der Waals surface area contributed by atoms with Gasteiger partial charge in [0.2, 0.25) is 0 Å². The summed E-state index contributed by atoms with van der Waals surface area (Å²) < 4.78 is 87.1. The van der Waals surface area contributed by atoms with Crippen LogP contribution < -0.4 is 0 Å². The fourth-order valence-corrected chi connectivity index (χ4v) is 12.6. The first kappa shape index (κ1) is 42.0. The smallest absolute Gasteiger partial charge is 0.419 e. The first-order chi connectivity index (χ1) is 24.9. The molecule has 54 heavy (non-hydrogen) atoms. The highest BCUT2D eigenvalue weighted by Crippen LogP contribution is 2.65. The highest BCUT2D eigenvalue weighted by Gasteiger charge is 2.78. The Hall–Kier alpha value is -3.18. The predicted molar refractivity (Wildman–Crippen MR) is 186 cm³/mol. The minimum absolute atomic E-state index is 0.00358. The molecule has 0 unspecified atom stereocenters. The molecule has 9 atom stereocenters. The molecule has 0 spiro atoms. The van der Waals surface area contributed by atoms with Gasteiger partial charge < -0.3 is 33.6 Å². The van der Waals surface area contributed by atoms with Crippen LogP contribution in [-0.4, -0.2) is 90.6 Å². The SMILES string of the molecule is CC[Si](CC)(CC)O[C@H]1C[C@H]2OC[C@@]2(OC(C)=O)[C@H]2[C@H](OC(=O)c3ccc(F)c(C(F)(F)F)c3)[C@]3(O)C[C@H](O)C(C)=C([C@@H](OC(C)=O)C(=O)[C@]12C)C3(C)C. The van der Waals surface area contributed by atoms with Gasteiger partial charge in [-0.05, 0) is 61.3 Å². The van der Waals surface area contributed by atoms with Gasteiger partial charge in [0.05, 0.1) is 41.3 Å². The Bertz CT molecular complexity index is 1730. The quantitative estimate of drug-likeness (QED) is 0.102. The van der Waals surface area contributed by atoms with E-state index in [4.69, 9.17) is 23.4 Å². The van der Waals surface area contributed by atoms with E-state index in [1.54, 1.807) is 0 Å². The van der Waals surface area contributed by atoms with Crippen molar-refractivity contribution >= 4 is 32.0 Å². The van der Waals surface area contributed by atoms with Gasteiger partial charge in [-0.25, -0.2) is 9.18 Å². The Balaban J connectivity index is 1.88. The van der Waals surface area contributed by atoms with Crippen LogP contribution in [0.5, 0.6) is 0 Å². The van der Waals surface area contributed by atoms with E-state index < -0.39 is 120 Å². The molecular formula is C38H50F4O11Si. The molecule has 1 heterocycles. The molecule has 1 aromatic rings. The molecule has 2 bridgehead atoms. The van der Waals surface area contributed by atoms with E-state index in [0.717, 1.165) is 19.9 Å². The molecule has 0 aromatic heterocycles. The van der Waals surface area contributed by atoms with Crippen LogP contribution in [0.15, 0.2) is 29.3 Å². The lowest BCUT2D eigenvalue weighted by molar-refractivity contribution is -0.344. The summed E-state index contributed by atoms with van der Waals surface area (Å²) in [5.41, 5.74) is -9.96. The average Bonchev–Trinajstić information content (AvgIpc) is 3.07. The van der Waals surface area contributed by atoms with E-state index in [2.05, 4.69) is 0 Å². The monoisotopic (exact) mass is 786 g/mol. The second kappa shape index (κ2) is 14.1. The van der Waals surface area contributed by atoms with Crippen LogP contribution in [0.25, 0.3) is 0 Å². The van der Waals surface area contributed by atoms with Crippen LogP contribution in [0.1, 0.15) is 91.1 Å². The number of alkyl halides is 3. The largest absolute Gasteiger partial charge is 0.455 e. The van der Waals surface area contributed by atoms with Crippen molar-refractivity contribution in [3.63, 3.8) is 0 Å². The van der Waals surface area contributed by atoms with Crippen molar-refractivity contribution in [2.45, 2.75) is 141 Å². The second-order valence-electron chi connectivity index (χ2n) is 15.9. The molecule has 16 heteroatoms. The molecule has 4 aliphatic rings. The Morgan fingerprint density at radius 3 is 2.13 bits per heavy atom. The van der Waals surface area contributed by atoms with Gasteiger partial charge in [-0.15, -0.1) is 0 Å². The van der Waals surface area contributed by atoms with Crippen molar-refractivity contribution in [2.24, 2.45) is 16.7 Å². The zero-order valence-electron chi connectivity index (χ0n) is 32.0. The van der Waals surface area contributed by atoms with Crippen molar-refractivity contribution in [1.82, 2.24) is 0 Å². The highest BCUT2D eigenvalue weighted by atomic mass is 28.4. The minimum Gasteiger partial charge on any atom is -0.455 e. The van der Waals surface area contributed by atoms with E-state index in [1.807, 2.05) is 20.8 Å². The maximum Gasteiger partial charge on any atom is 0.419 e. The zero-order valence-corrected chi connectivity index (χ0v) is 33.0. The van der Waals surface area contributed by atoms with Gasteiger partial charge >= 0.3 is 24.1 Å². The lowest BCUT2D eigenvalue weighted by Gasteiger charge is -2.68. The van der Waals surface area contributed by atoms with Crippen molar-refractivity contribution in [2.75, 3.05) is 6.61 Å². The van der Waals surface area contributed by atoms with E-state index >= 15 is 4.79 Å². The zero-order chi connectivity index (χ0) is 40.6. The molecule has 300 valence electrons. The van der Waals surface area contributed by atoms with Crippen molar-refractivity contribution in [1.29, 1.82) is 0 Å². The molecule has 0 amide bonds. The van der Waals surface area contributed by atoms with Crippen LogP contribution in [0.2, 0.25) is 18.1 Å². The first-order valence-electron chi connectivity index (χ1n) is 18.3. The summed E-state index contributed by atoms with van der Waals surface area (Å²) in [6, 6.07) is 3.46. The highest BCUT2D eigenvalue weighted by molar-refractivity contribution is 6.73. The van der Waals surface area contributed by atoms with Crippen molar-refractivity contribution in [3.05, 3.63) is 46.3 Å². The van der Waals surface area contributed by atoms with Crippen molar-refractivity contribution in [3.8, 4) is 0 Å². The van der Waals surface area contributed by atoms with Gasteiger partial charge in [0.1, 0.15) is 23.6 Å². The number of carbonyl (C=O) groups excluding carboxylic acids is 4. The maximum absolute atomic E-state index is 15.7. The van der Waals surface area contributed by atoms with E-state index in [0.29, 0.717) is 24.2 Å². The number of carbonyl (C=O) groups is 4. The Labute approximate surface area is 312 Å². The van der Waals surface area contributed by atoms with Crippen molar-refractivity contribution < 1.29 is 70.3 Å². The molecule has 0 radical (unpaired) electrons. The third-order valence-corrected chi connectivity index (χ3v) is 17.6. The summed E-state index contributed by atoms with van der Waals surface area (Å²) >= 11 is 0. The lowest BCUT2D eigenvalue weighted by Crippen LogP contribution is -2.82. The molecule has 1 aliphatic heterocycles. The number of esters is 3. The molecular weight excluding hydrogens is 736 g/mol. The van der Waals surface area contributed by atoms with E-state index in [-0.39, 0.29) is 30.2 Å². The van der Waals surface area contributed by atoms with Gasteiger partial charge in [0, 0.05) is 32.1 Å². The fraction of sp³-hybridized carbons (Fsp3) is 0.684. The summed E-state index contributed by atoms with van der Waals surface area (Å²) in [7, 11) is -2.65. The Kier molecular flexibility index (Phi) is 10.9. The predicted octanol–water partition coefficient (Wildman–Crippen LogP) is 5.84. The van der Waals surface area contributed by atoms with Crippen LogP contribution in [-0.2, 0) is 43.9 Å². The number of ether oxygens (including phenoxy) is 4. The number of Topliss-reactive ketones (excluding diaryl/α,β-unsaturated/α-hetero) is 1. The summed E-state index contributed by atoms with van der Waals surface area (Å²) in [5.74, 6) is -7.00. The maximum atomic E-state index is 15.7. The number of rotatable bonds is 9. The molecule has 2 N–H and O–H groups in total. The van der Waals surface area contributed by atoms with Gasteiger partial charge in [-0.2, -0.15) is 13.2 Å². The molecule has 3 aliphatic carbocycles. The number of aliphatic hydroxyl groups excluding tert-OH is 1. The lowest BCUT2D eigenvalue weighted by atomic mass is 9.44. The minimum atomic E-state index is -5.18. The number of benzene rings is 1. The summed E-state index contributed by atoms with van der Waals surface area (Å²) in [5, 5.41) is 24.8. The standard InChI is InChI=1S/C38H50F4O11Si/c1-10-54(11-2,12-3)53-26-16-27-36(18-49-27,52-21(6)44)30-32(51-33(47)22-13-14-24(39)23(15-22)38(40,41)42)37(48)17-25(45)19(4)28(34(37,7)8)29(50-20(5)43)31(46)35(26,30)9/h13-15,25-27,29-30,32,45,48H,10-12,16-18H2,1-9H3/t25-,26-,27+,29+,30-,32-,35+,36-,37+/m0/s1. The van der Waals surface area contributed by atoms with E-state index in [1.165, 1.54) is 27.7 Å². The average molecular weight is 787 g/mol. The van der Waals surface area contributed by atoms with E-state index in [9.17, 15) is 42.2 Å². The molecule has 1 aromatic carbocycles. The molecule has 2 saturated carbocycles. The number of hydrogen-bond acceptors (Lipinski definition) is 11. The topological polar surface area (TPSA) is 155 Å². The van der Waals surface area contributed by atoms with Crippen LogP contribution in [0.3, 0.4) is 0 Å². The number of ketones is 1. The molecule has 3 fully saturated rings. The molecule has 1 saturated heterocycles. The summed E-state index contributed by atoms with van der Waals surface area (Å²) in [4.78, 5) is 55.7. The van der Waals surface area contributed by atoms with Crippen LogP contribution in [0.4, 0.5) is 17.6 Å². The second-order valence-corrected chi connectivity index (χ2v) is 20.7. The number of fused-ring (bicyclic) bond motifs is 5. The van der Waals surface area contributed by atoms with Crippen LogP contribution >= 0.6 is 0 Å². The molecule has 11 nitrogen and oxygen atoms in total. The Morgan fingerprint density at radius 2 is 1.63 bits per heavy atom. The van der Waals surface area contributed by atoms with Gasteiger partial charge in [0.15, 0.2) is 25.8 Å². The number of hydrogen-bond donors (Lipinski definition) is 2. The normalized spacial score (nSPS) is 34.8. The van der Waals surface area contributed by atoms with Crippen LogP contribution in [0, 0.1) is 22.6 Å². The van der Waals surface area contributed by atoms with Gasteiger partial charge in [-0.3, -0.25) is 14.4 Å². The fourth-order valence-electron chi connectivity index (χ4n) is 9.65. The third-order valence-electron chi connectivity index (χ3n) is 13.0. The number of halogens is 4. The summed E-state index contributed by atoms with van der Waals surface area (Å²) in [6.07, 6.45) is -12.9. The van der Waals surface area contributed by atoms with Gasteiger partial charge in [0.25, 0.3) is 0 Å². The number of aliphatic hydroxyl groups is 2. The summed E-state index contributed by atoms with van der Waals surface area (Å²) in [6.45, 7) is 13.9. The van der Waals surface area contributed by atoms with Gasteiger partial charge in [-0.1, -0.05) is 34.6 Å². The Morgan fingerprint density at radius 1 is 1.02 bits per heavy atom. The third kappa shape index (κ3) is 6.33. The molecule has 5 rings (SSSR count).